The van der Waals surface area contributed by atoms with Crippen LogP contribution < -0.4 is 16.0 Å². The molecule has 0 saturated carbocycles. The summed E-state index contributed by atoms with van der Waals surface area (Å²) in [5, 5.41) is 8.43. The summed E-state index contributed by atoms with van der Waals surface area (Å²) in [6.07, 6.45) is 1.13. The quantitative estimate of drug-likeness (QED) is 0.478. The van der Waals surface area contributed by atoms with Gasteiger partial charge in [0.15, 0.2) is 0 Å². The van der Waals surface area contributed by atoms with Crippen LogP contribution in [-0.4, -0.2) is 91.3 Å². The van der Waals surface area contributed by atoms with Crippen LogP contribution in [0.1, 0.15) is 12.8 Å². The van der Waals surface area contributed by atoms with E-state index in [1.807, 2.05) is 0 Å². The number of carbonyl (C=O) groups is 3. The predicted octanol–water partition coefficient (Wildman–Crippen LogP) is -0.915. The van der Waals surface area contributed by atoms with Crippen molar-refractivity contribution in [1.82, 2.24) is 25.2 Å². The van der Waals surface area contributed by atoms with E-state index in [0.717, 1.165) is 28.6 Å². The molecule has 33 heavy (non-hydrogen) atoms. The minimum Gasteiger partial charge on any atom is -0.354 e. The van der Waals surface area contributed by atoms with Crippen molar-refractivity contribution in [2.75, 3.05) is 37.8 Å². The van der Waals surface area contributed by atoms with Crippen LogP contribution in [0.3, 0.4) is 0 Å². The molecule has 0 bridgehead atoms. The molecule has 3 N–H and O–H groups in total. The topological polar surface area (TPSA) is 128 Å². The summed E-state index contributed by atoms with van der Waals surface area (Å²) >= 11 is 1.59. The Hall–Kier alpha value is -2.22. The third-order valence-electron chi connectivity index (χ3n) is 5.98. The fourth-order valence-electron chi connectivity index (χ4n) is 4.16. The fraction of sp³-hybridized carbons (Fsp3) is 0.550. The summed E-state index contributed by atoms with van der Waals surface area (Å²) < 4.78 is 41.0. The summed E-state index contributed by atoms with van der Waals surface area (Å²) in [7, 11) is -4.15. The molecule has 3 fully saturated rings. The average Bonchev–Trinajstić information content (AvgIpc) is 3.35. The molecule has 0 aromatic heterocycles. The van der Waals surface area contributed by atoms with Gasteiger partial charge in [-0.1, -0.05) is 0 Å². The predicted molar refractivity (Wildman–Crippen MR) is 119 cm³/mol. The number of amides is 3. The van der Waals surface area contributed by atoms with E-state index >= 15 is 0 Å². The number of sulfonamides is 1. The number of nitrogens with zero attached hydrogens (tertiary/aromatic N) is 2. The fourth-order valence-corrected chi connectivity index (χ4v) is 6.66. The van der Waals surface area contributed by atoms with E-state index < -0.39 is 33.8 Å². The molecule has 3 unspecified atom stereocenters. The van der Waals surface area contributed by atoms with Crippen molar-refractivity contribution in [3.05, 3.63) is 30.1 Å². The van der Waals surface area contributed by atoms with Gasteiger partial charge in [0.2, 0.25) is 27.7 Å². The molecule has 1 aromatic carbocycles. The van der Waals surface area contributed by atoms with E-state index in [-0.39, 0.29) is 42.4 Å². The van der Waals surface area contributed by atoms with Crippen molar-refractivity contribution in [2.45, 2.75) is 35.9 Å². The largest absolute Gasteiger partial charge is 0.354 e. The van der Waals surface area contributed by atoms with Crippen LogP contribution in [0.5, 0.6) is 0 Å². The first kappa shape index (κ1) is 23.9. The molecular formula is C20H26FN5O5S2. The second-order valence-electron chi connectivity index (χ2n) is 8.14. The molecule has 3 aliphatic heterocycles. The smallest absolute Gasteiger partial charge is 0.243 e. The molecular weight excluding hydrogens is 473 g/mol. The molecule has 3 saturated heterocycles. The van der Waals surface area contributed by atoms with Crippen LogP contribution in [0.25, 0.3) is 0 Å². The Morgan fingerprint density at radius 1 is 1.18 bits per heavy atom. The van der Waals surface area contributed by atoms with E-state index in [9.17, 15) is 27.2 Å². The first-order valence-electron chi connectivity index (χ1n) is 10.7. The van der Waals surface area contributed by atoms with Crippen molar-refractivity contribution < 1.29 is 27.2 Å². The molecule has 180 valence electrons. The molecule has 0 spiro atoms. The van der Waals surface area contributed by atoms with Crippen LogP contribution in [-0.2, 0) is 24.4 Å². The highest BCUT2D eigenvalue weighted by Gasteiger charge is 2.43. The Morgan fingerprint density at radius 3 is 2.61 bits per heavy atom. The molecule has 3 atom stereocenters. The van der Waals surface area contributed by atoms with Crippen molar-refractivity contribution in [3.63, 3.8) is 0 Å². The van der Waals surface area contributed by atoms with Gasteiger partial charge in [-0.05, 0) is 37.1 Å². The van der Waals surface area contributed by atoms with Crippen molar-refractivity contribution in [3.8, 4) is 0 Å². The number of thioether (sulfide) groups is 1. The van der Waals surface area contributed by atoms with Gasteiger partial charge in [0.05, 0.1) is 10.9 Å². The summed E-state index contributed by atoms with van der Waals surface area (Å²) in [5.41, 5.74) is 0. The minimum atomic E-state index is -4.15. The van der Waals surface area contributed by atoms with Crippen LogP contribution in [0, 0.1) is 5.82 Å². The van der Waals surface area contributed by atoms with Crippen LogP contribution in [0.2, 0.25) is 0 Å². The highest BCUT2D eigenvalue weighted by Crippen LogP contribution is 2.24. The number of benzene rings is 1. The van der Waals surface area contributed by atoms with E-state index in [2.05, 4.69) is 16.0 Å². The highest BCUT2D eigenvalue weighted by atomic mass is 32.2. The summed E-state index contributed by atoms with van der Waals surface area (Å²) in [6, 6.07) is 2.00. The van der Waals surface area contributed by atoms with E-state index in [1.165, 1.54) is 4.90 Å². The zero-order valence-corrected chi connectivity index (χ0v) is 19.5. The third kappa shape index (κ3) is 5.15. The van der Waals surface area contributed by atoms with Gasteiger partial charge in [0.1, 0.15) is 17.9 Å². The normalized spacial score (nSPS) is 26.6. The Morgan fingerprint density at radius 2 is 1.94 bits per heavy atom. The number of nitrogens with one attached hydrogen (secondary N) is 3. The summed E-state index contributed by atoms with van der Waals surface area (Å²) in [4.78, 5) is 39.6. The molecule has 1 aromatic rings. The summed E-state index contributed by atoms with van der Waals surface area (Å²) in [6.45, 7) is 0.409. The Balaban J connectivity index is 1.58. The van der Waals surface area contributed by atoms with Gasteiger partial charge in [0.25, 0.3) is 0 Å². The SMILES string of the molecule is O=C1NCCCC1NC(=O)C1CN(C(=O)C2CSCN2)CCN1S(=O)(=O)c1ccc(F)cc1. The maximum absolute atomic E-state index is 13.3. The lowest BCUT2D eigenvalue weighted by Crippen LogP contribution is -2.64. The maximum atomic E-state index is 13.3. The number of rotatable bonds is 5. The zero-order valence-electron chi connectivity index (χ0n) is 17.8. The standard InChI is InChI=1S/C20H26FN5O5S2/c21-13-3-5-14(6-4-13)33(30,31)26-9-8-25(20(29)16-11-32-12-23-16)10-17(26)19(28)24-15-2-1-7-22-18(15)27/h3-6,15-17,23H,1-2,7-12H2,(H,22,27)(H,24,28). The number of piperazine rings is 1. The molecule has 3 aliphatic rings. The Bertz CT molecular complexity index is 1020. The number of carbonyl (C=O) groups excluding carboxylic acids is 3. The number of halogens is 1. The molecule has 0 radical (unpaired) electrons. The molecule has 0 aliphatic carbocycles. The second-order valence-corrected chi connectivity index (χ2v) is 11.1. The molecule has 13 heteroatoms. The summed E-state index contributed by atoms with van der Waals surface area (Å²) in [5.74, 6) is -0.481. The number of hydrogen-bond acceptors (Lipinski definition) is 7. The number of hydrogen-bond donors (Lipinski definition) is 3. The van der Waals surface area contributed by atoms with Crippen molar-refractivity contribution in [2.24, 2.45) is 0 Å². The van der Waals surface area contributed by atoms with Gasteiger partial charge in [0, 0.05) is 37.8 Å². The van der Waals surface area contributed by atoms with Gasteiger partial charge < -0.3 is 15.5 Å². The second kappa shape index (κ2) is 9.95. The lowest BCUT2D eigenvalue weighted by atomic mass is 10.1. The molecule has 3 heterocycles. The van der Waals surface area contributed by atoms with Gasteiger partial charge in [-0.15, -0.1) is 11.8 Å². The highest BCUT2D eigenvalue weighted by molar-refractivity contribution is 7.99. The van der Waals surface area contributed by atoms with E-state index in [4.69, 9.17) is 0 Å². The lowest BCUT2D eigenvalue weighted by molar-refractivity contribution is -0.138. The molecule has 3 amide bonds. The number of piperidine rings is 1. The van der Waals surface area contributed by atoms with Gasteiger partial charge in [-0.25, -0.2) is 12.8 Å². The maximum Gasteiger partial charge on any atom is 0.243 e. The first-order valence-corrected chi connectivity index (χ1v) is 13.3. The molecule has 10 nitrogen and oxygen atoms in total. The monoisotopic (exact) mass is 499 g/mol. The van der Waals surface area contributed by atoms with Crippen LogP contribution >= 0.6 is 11.8 Å². The lowest BCUT2D eigenvalue weighted by Gasteiger charge is -2.40. The molecule has 4 rings (SSSR count). The Kier molecular flexibility index (Phi) is 7.22. The zero-order chi connectivity index (χ0) is 23.6. The van der Waals surface area contributed by atoms with Gasteiger partial charge in [-0.3, -0.25) is 19.7 Å². The average molecular weight is 500 g/mol. The van der Waals surface area contributed by atoms with Crippen LogP contribution in [0.15, 0.2) is 29.2 Å². The minimum absolute atomic E-state index is 0.0970. The van der Waals surface area contributed by atoms with Crippen molar-refractivity contribution >= 4 is 39.5 Å². The third-order valence-corrected chi connectivity index (χ3v) is 8.84. The van der Waals surface area contributed by atoms with Crippen molar-refractivity contribution in [1.29, 1.82) is 0 Å². The van der Waals surface area contributed by atoms with Crippen LogP contribution in [0.4, 0.5) is 4.39 Å². The van der Waals surface area contributed by atoms with E-state index in [0.29, 0.717) is 31.0 Å². The Labute approximate surface area is 195 Å². The van der Waals surface area contributed by atoms with Gasteiger partial charge >= 0.3 is 0 Å². The van der Waals surface area contributed by atoms with Gasteiger partial charge in [-0.2, -0.15) is 4.31 Å². The van der Waals surface area contributed by atoms with E-state index in [1.54, 1.807) is 11.8 Å². The first-order chi connectivity index (χ1) is 15.8.